The van der Waals surface area contributed by atoms with Crippen LogP contribution in [0.15, 0.2) is 0 Å². The topological polar surface area (TPSA) is 26.0 Å². The van der Waals surface area contributed by atoms with Crippen LogP contribution in [0.5, 0.6) is 0 Å². The Balaban J connectivity index is 3.29. The average Bonchev–Trinajstić information content (AvgIpc) is 2.04. The monoisotopic (exact) mass is 185 g/mol. The van der Waals surface area contributed by atoms with Crippen LogP contribution in [0, 0.1) is 5.41 Å². The molecule has 0 spiro atoms. The lowest BCUT2D eigenvalue weighted by Gasteiger charge is -2.23. The smallest absolute Gasteiger partial charge is 0.00722 e. The molecule has 0 aliphatic heterocycles. The molecule has 0 aromatic rings. The summed E-state index contributed by atoms with van der Waals surface area (Å²) in [7, 11) is 0. The standard InChI is InChI=1S/C12H27N/c1-4-5-6-7-8-9-12(2,3)10-11-13/h4-11,13H2,1-3H3. The van der Waals surface area contributed by atoms with Gasteiger partial charge in [0.05, 0.1) is 0 Å². The second-order valence-corrected chi connectivity index (χ2v) is 4.87. The van der Waals surface area contributed by atoms with Crippen LogP contribution in [0.3, 0.4) is 0 Å². The SMILES string of the molecule is CCCCCCCC(C)(C)CCN. The molecule has 0 radical (unpaired) electrons. The Bertz CT molecular complexity index is 108. The van der Waals surface area contributed by atoms with Crippen LogP contribution >= 0.6 is 0 Å². The van der Waals surface area contributed by atoms with Crippen molar-refractivity contribution >= 4 is 0 Å². The molecule has 0 heterocycles. The van der Waals surface area contributed by atoms with Crippen molar-refractivity contribution in [3.05, 3.63) is 0 Å². The molecule has 0 atom stereocenters. The molecule has 0 bridgehead atoms. The van der Waals surface area contributed by atoms with Crippen molar-refractivity contribution in [2.45, 2.75) is 65.7 Å². The van der Waals surface area contributed by atoms with Crippen LogP contribution < -0.4 is 5.73 Å². The van der Waals surface area contributed by atoms with Crippen molar-refractivity contribution in [2.24, 2.45) is 11.1 Å². The third-order valence-electron chi connectivity index (χ3n) is 2.78. The maximum absolute atomic E-state index is 5.57. The van der Waals surface area contributed by atoms with Crippen molar-refractivity contribution in [1.82, 2.24) is 0 Å². The maximum atomic E-state index is 5.57. The molecule has 0 aromatic heterocycles. The predicted octanol–water partition coefficient (Wildman–Crippen LogP) is 3.72. The highest BCUT2D eigenvalue weighted by atomic mass is 14.5. The zero-order valence-electron chi connectivity index (χ0n) is 9.73. The van der Waals surface area contributed by atoms with E-state index in [1.807, 2.05) is 0 Å². The van der Waals surface area contributed by atoms with Gasteiger partial charge in [-0.1, -0.05) is 52.9 Å². The van der Waals surface area contributed by atoms with Gasteiger partial charge in [-0.05, 0) is 24.8 Å². The van der Waals surface area contributed by atoms with Crippen molar-refractivity contribution in [3.63, 3.8) is 0 Å². The highest BCUT2D eigenvalue weighted by Crippen LogP contribution is 2.27. The number of hydrogen-bond donors (Lipinski definition) is 1. The van der Waals surface area contributed by atoms with E-state index in [0.29, 0.717) is 5.41 Å². The Morgan fingerprint density at radius 1 is 0.923 bits per heavy atom. The van der Waals surface area contributed by atoms with Gasteiger partial charge in [0.2, 0.25) is 0 Å². The third kappa shape index (κ3) is 8.29. The molecule has 13 heavy (non-hydrogen) atoms. The molecule has 80 valence electrons. The molecule has 0 aliphatic rings. The van der Waals surface area contributed by atoms with Crippen LogP contribution in [0.4, 0.5) is 0 Å². The molecule has 0 amide bonds. The van der Waals surface area contributed by atoms with E-state index in [9.17, 15) is 0 Å². The first-order valence-electron chi connectivity index (χ1n) is 5.82. The largest absolute Gasteiger partial charge is 0.330 e. The van der Waals surface area contributed by atoms with Gasteiger partial charge in [-0.3, -0.25) is 0 Å². The number of hydrogen-bond acceptors (Lipinski definition) is 1. The zero-order chi connectivity index (χ0) is 10.2. The zero-order valence-corrected chi connectivity index (χ0v) is 9.73. The Hall–Kier alpha value is -0.0400. The van der Waals surface area contributed by atoms with Crippen LogP contribution in [0.2, 0.25) is 0 Å². The first kappa shape index (κ1) is 13.0. The van der Waals surface area contributed by atoms with Gasteiger partial charge < -0.3 is 5.73 Å². The normalized spacial score (nSPS) is 12.0. The van der Waals surface area contributed by atoms with Gasteiger partial charge in [-0.25, -0.2) is 0 Å². The molecular formula is C12H27N. The van der Waals surface area contributed by atoms with Crippen molar-refractivity contribution in [3.8, 4) is 0 Å². The van der Waals surface area contributed by atoms with Gasteiger partial charge in [0.15, 0.2) is 0 Å². The Labute approximate surface area is 84.1 Å². The van der Waals surface area contributed by atoms with Gasteiger partial charge in [0.1, 0.15) is 0 Å². The van der Waals surface area contributed by atoms with E-state index in [1.54, 1.807) is 0 Å². The van der Waals surface area contributed by atoms with Crippen molar-refractivity contribution in [1.29, 1.82) is 0 Å². The minimum atomic E-state index is 0.473. The molecule has 1 nitrogen and oxygen atoms in total. The average molecular weight is 185 g/mol. The summed E-state index contributed by atoms with van der Waals surface area (Å²) in [6.45, 7) is 7.76. The van der Waals surface area contributed by atoms with Crippen LogP contribution in [0.1, 0.15) is 65.7 Å². The van der Waals surface area contributed by atoms with E-state index in [1.165, 1.54) is 44.9 Å². The van der Waals surface area contributed by atoms with Crippen molar-refractivity contribution in [2.75, 3.05) is 6.54 Å². The summed E-state index contributed by atoms with van der Waals surface area (Å²) in [4.78, 5) is 0. The van der Waals surface area contributed by atoms with Gasteiger partial charge >= 0.3 is 0 Å². The van der Waals surface area contributed by atoms with E-state index in [0.717, 1.165) is 6.54 Å². The molecule has 0 saturated heterocycles. The molecule has 0 saturated carbocycles. The lowest BCUT2D eigenvalue weighted by Crippen LogP contribution is -2.16. The molecular weight excluding hydrogens is 158 g/mol. The number of rotatable bonds is 8. The van der Waals surface area contributed by atoms with Gasteiger partial charge in [-0.15, -0.1) is 0 Å². The van der Waals surface area contributed by atoms with E-state index < -0.39 is 0 Å². The molecule has 0 aromatic carbocycles. The van der Waals surface area contributed by atoms with E-state index in [4.69, 9.17) is 5.73 Å². The van der Waals surface area contributed by atoms with E-state index in [2.05, 4.69) is 20.8 Å². The molecule has 0 fully saturated rings. The minimum absolute atomic E-state index is 0.473. The van der Waals surface area contributed by atoms with E-state index in [-0.39, 0.29) is 0 Å². The lowest BCUT2D eigenvalue weighted by atomic mass is 9.83. The van der Waals surface area contributed by atoms with Crippen LogP contribution in [-0.2, 0) is 0 Å². The Morgan fingerprint density at radius 2 is 1.54 bits per heavy atom. The summed E-state index contributed by atoms with van der Waals surface area (Å²) in [5.41, 5.74) is 6.04. The Kier molecular flexibility index (Phi) is 7.35. The number of unbranched alkanes of at least 4 members (excludes halogenated alkanes) is 4. The molecule has 0 rings (SSSR count). The quantitative estimate of drug-likeness (QED) is 0.573. The van der Waals surface area contributed by atoms with E-state index >= 15 is 0 Å². The fourth-order valence-electron chi connectivity index (χ4n) is 1.72. The Morgan fingerprint density at radius 3 is 2.08 bits per heavy atom. The summed E-state index contributed by atoms with van der Waals surface area (Å²) in [6.07, 6.45) is 9.45. The fraction of sp³-hybridized carbons (Fsp3) is 1.00. The number of nitrogens with two attached hydrogens (primary N) is 1. The van der Waals surface area contributed by atoms with Crippen molar-refractivity contribution < 1.29 is 0 Å². The summed E-state index contributed by atoms with van der Waals surface area (Å²) in [5.74, 6) is 0. The van der Waals surface area contributed by atoms with Gasteiger partial charge in [0.25, 0.3) is 0 Å². The second-order valence-electron chi connectivity index (χ2n) is 4.87. The van der Waals surface area contributed by atoms with Crippen LogP contribution in [0.25, 0.3) is 0 Å². The molecule has 0 aliphatic carbocycles. The highest BCUT2D eigenvalue weighted by molar-refractivity contribution is 4.68. The summed E-state index contributed by atoms with van der Waals surface area (Å²) < 4.78 is 0. The summed E-state index contributed by atoms with van der Waals surface area (Å²) in [6, 6.07) is 0. The fourth-order valence-corrected chi connectivity index (χ4v) is 1.72. The highest BCUT2D eigenvalue weighted by Gasteiger charge is 2.15. The molecule has 1 heteroatoms. The summed E-state index contributed by atoms with van der Waals surface area (Å²) in [5, 5.41) is 0. The molecule has 0 unspecified atom stereocenters. The first-order valence-corrected chi connectivity index (χ1v) is 5.82. The first-order chi connectivity index (χ1) is 6.12. The minimum Gasteiger partial charge on any atom is -0.330 e. The molecule has 2 N–H and O–H groups in total. The lowest BCUT2D eigenvalue weighted by molar-refractivity contribution is 0.299. The third-order valence-corrected chi connectivity index (χ3v) is 2.78. The second kappa shape index (κ2) is 7.37. The van der Waals surface area contributed by atoms with Gasteiger partial charge in [-0.2, -0.15) is 0 Å². The van der Waals surface area contributed by atoms with Gasteiger partial charge in [0, 0.05) is 0 Å². The summed E-state index contributed by atoms with van der Waals surface area (Å²) >= 11 is 0. The maximum Gasteiger partial charge on any atom is -0.00722 e. The van der Waals surface area contributed by atoms with Crippen LogP contribution in [-0.4, -0.2) is 6.54 Å². The predicted molar refractivity (Wildman–Crippen MR) is 60.8 cm³/mol.